The molecule has 0 aliphatic carbocycles. The lowest BCUT2D eigenvalue weighted by Crippen LogP contribution is -2.16. The van der Waals surface area contributed by atoms with Gasteiger partial charge in [0, 0.05) is 18.0 Å². The van der Waals surface area contributed by atoms with Gasteiger partial charge < -0.3 is 19.1 Å². The Morgan fingerprint density at radius 2 is 1.90 bits per heavy atom. The van der Waals surface area contributed by atoms with Crippen molar-refractivity contribution in [3.63, 3.8) is 0 Å². The summed E-state index contributed by atoms with van der Waals surface area (Å²) in [7, 11) is 2.99. The molecule has 11 heteroatoms. The van der Waals surface area contributed by atoms with Gasteiger partial charge in [-0.1, -0.05) is 0 Å². The highest BCUT2D eigenvalue weighted by Gasteiger charge is 2.28. The highest BCUT2D eigenvalue weighted by atomic mass is 19.4. The minimum Gasteiger partial charge on any atom is -0.494 e. The molecule has 31 heavy (non-hydrogen) atoms. The number of imidazole rings is 1. The summed E-state index contributed by atoms with van der Waals surface area (Å²) in [5.74, 6) is 0.775. The average Bonchev–Trinajstić information content (AvgIpc) is 3.27. The van der Waals surface area contributed by atoms with Crippen LogP contribution in [0.4, 0.5) is 13.2 Å². The van der Waals surface area contributed by atoms with E-state index in [4.69, 9.17) is 9.47 Å². The van der Waals surface area contributed by atoms with Crippen LogP contribution in [0.1, 0.15) is 5.69 Å². The molecule has 4 aromatic heterocycles. The molecule has 0 fully saturated rings. The van der Waals surface area contributed by atoms with Crippen LogP contribution in [-0.2, 0) is 6.54 Å². The fraction of sp³-hybridized carbons (Fsp3) is 0.250. The lowest BCUT2D eigenvalue weighted by Gasteiger charge is -2.08. The number of pyridine rings is 2. The monoisotopic (exact) mass is 433 g/mol. The fourth-order valence-corrected chi connectivity index (χ4v) is 3.37. The van der Waals surface area contributed by atoms with E-state index in [1.54, 1.807) is 31.3 Å². The minimum absolute atomic E-state index is 0.158. The van der Waals surface area contributed by atoms with Gasteiger partial charge in [-0.15, -0.1) is 0 Å². The summed E-state index contributed by atoms with van der Waals surface area (Å²) in [4.78, 5) is 12.8. The number of methoxy groups -OCH3 is 2. The highest BCUT2D eigenvalue weighted by Crippen LogP contribution is 2.35. The third kappa shape index (κ3) is 3.74. The SMILES string of the molecule is COc1cc(-c2ccc3c(O)n(-c4cn(CC(F)(F)F)cn4)c(C)c3n2)cnc1OC. The standard InChI is InChI=1S/C20H18F3N5O3/c1-11-17-13(19(29)28(11)16-8-27(10-25-16)9-20(21,22)23)4-5-14(26-17)12-6-15(30-2)18(31-3)24-7-12/h4-8,10,29H,9H2,1-3H3. The van der Waals surface area contributed by atoms with Crippen LogP contribution in [0.2, 0.25) is 0 Å². The molecule has 0 aliphatic heterocycles. The first-order chi connectivity index (χ1) is 14.7. The van der Waals surface area contributed by atoms with E-state index >= 15 is 0 Å². The molecule has 0 radical (unpaired) electrons. The van der Waals surface area contributed by atoms with E-state index in [-0.39, 0.29) is 11.7 Å². The molecule has 0 atom stereocenters. The Morgan fingerprint density at radius 1 is 1.13 bits per heavy atom. The molecule has 0 unspecified atom stereocenters. The van der Waals surface area contributed by atoms with Crippen molar-refractivity contribution in [2.24, 2.45) is 0 Å². The largest absolute Gasteiger partial charge is 0.494 e. The normalized spacial score (nSPS) is 11.8. The van der Waals surface area contributed by atoms with Gasteiger partial charge in [0.15, 0.2) is 11.6 Å². The molecule has 4 aromatic rings. The molecule has 8 nitrogen and oxygen atoms in total. The number of ether oxygens (including phenoxy) is 2. The predicted molar refractivity (Wildman–Crippen MR) is 106 cm³/mol. The summed E-state index contributed by atoms with van der Waals surface area (Å²) < 4.78 is 50.6. The summed E-state index contributed by atoms with van der Waals surface area (Å²) in [5.41, 5.74) is 2.25. The summed E-state index contributed by atoms with van der Waals surface area (Å²) in [6.45, 7) is 0.532. The first kappa shape index (κ1) is 20.5. The number of hydrogen-bond acceptors (Lipinski definition) is 6. The van der Waals surface area contributed by atoms with Gasteiger partial charge in [0.2, 0.25) is 5.88 Å². The number of alkyl halides is 3. The highest BCUT2D eigenvalue weighted by molar-refractivity contribution is 5.90. The number of nitrogens with zero attached hydrogens (tertiary/aromatic N) is 5. The third-order valence-electron chi connectivity index (χ3n) is 4.76. The Kier molecular flexibility index (Phi) is 4.96. The van der Waals surface area contributed by atoms with Gasteiger partial charge >= 0.3 is 6.18 Å². The van der Waals surface area contributed by atoms with Crippen LogP contribution >= 0.6 is 0 Å². The van der Waals surface area contributed by atoms with E-state index in [1.807, 2.05) is 0 Å². The van der Waals surface area contributed by atoms with Crippen LogP contribution in [0.5, 0.6) is 17.5 Å². The fourth-order valence-electron chi connectivity index (χ4n) is 3.37. The molecule has 0 aliphatic rings. The third-order valence-corrected chi connectivity index (χ3v) is 4.76. The van der Waals surface area contributed by atoms with E-state index in [0.717, 1.165) is 10.9 Å². The van der Waals surface area contributed by atoms with Crippen LogP contribution in [-0.4, -0.2) is 49.6 Å². The predicted octanol–water partition coefficient (Wildman–Crippen LogP) is 3.88. The molecule has 0 amide bonds. The van der Waals surface area contributed by atoms with E-state index in [2.05, 4.69) is 15.0 Å². The molecule has 0 bridgehead atoms. The topological polar surface area (TPSA) is 87.2 Å². The smallest absolute Gasteiger partial charge is 0.406 e. The zero-order valence-electron chi connectivity index (χ0n) is 16.8. The lowest BCUT2D eigenvalue weighted by molar-refractivity contribution is -0.140. The zero-order chi connectivity index (χ0) is 22.3. The lowest BCUT2D eigenvalue weighted by atomic mass is 10.1. The molecule has 1 N–H and O–H groups in total. The van der Waals surface area contributed by atoms with Crippen LogP contribution < -0.4 is 9.47 Å². The number of rotatable bonds is 5. The number of aromatic nitrogens is 5. The van der Waals surface area contributed by atoms with Crippen molar-refractivity contribution in [3.8, 4) is 34.6 Å². The first-order valence-corrected chi connectivity index (χ1v) is 9.10. The summed E-state index contributed by atoms with van der Waals surface area (Å²) in [6.07, 6.45) is -0.500. The van der Waals surface area contributed by atoms with Crippen LogP contribution in [0.25, 0.3) is 28.0 Å². The molecular weight excluding hydrogens is 415 g/mol. The molecular formula is C20H18F3N5O3. The summed E-state index contributed by atoms with van der Waals surface area (Å²) in [5, 5.41) is 11.1. The Balaban J connectivity index is 1.78. The van der Waals surface area contributed by atoms with Crippen LogP contribution in [0, 0.1) is 6.92 Å². The molecule has 0 saturated heterocycles. The number of hydrogen-bond donors (Lipinski definition) is 1. The van der Waals surface area contributed by atoms with Crippen molar-refractivity contribution in [2.45, 2.75) is 19.6 Å². The number of aryl methyl sites for hydroxylation is 1. The van der Waals surface area contributed by atoms with E-state index in [1.165, 1.54) is 25.0 Å². The van der Waals surface area contributed by atoms with Crippen molar-refractivity contribution in [1.29, 1.82) is 0 Å². The Bertz CT molecular complexity index is 1260. The maximum atomic E-state index is 12.6. The van der Waals surface area contributed by atoms with Gasteiger partial charge in [-0.3, -0.25) is 4.57 Å². The van der Waals surface area contributed by atoms with Crippen LogP contribution in [0.3, 0.4) is 0 Å². The maximum Gasteiger partial charge on any atom is 0.406 e. The molecule has 0 saturated carbocycles. The molecule has 0 aromatic carbocycles. The van der Waals surface area contributed by atoms with Crippen molar-refractivity contribution in [2.75, 3.05) is 14.2 Å². The van der Waals surface area contributed by atoms with E-state index in [9.17, 15) is 18.3 Å². The summed E-state index contributed by atoms with van der Waals surface area (Å²) >= 11 is 0. The van der Waals surface area contributed by atoms with Gasteiger partial charge in [0.1, 0.15) is 6.54 Å². The van der Waals surface area contributed by atoms with Gasteiger partial charge in [-0.25, -0.2) is 15.0 Å². The second kappa shape index (κ2) is 7.49. The Labute approximate surface area is 174 Å². The second-order valence-electron chi connectivity index (χ2n) is 6.79. The van der Waals surface area contributed by atoms with E-state index < -0.39 is 12.7 Å². The zero-order valence-corrected chi connectivity index (χ0v) is 16.8. The van der Waals surface area contributed by atoms with Crippen molar-refractivity contribution in [3.05, 3.63) is 42.6 Å². The molecule has 4 heterocycles. The van der Waals surface area contributed by atoms with Crippen molar-refractivity contribution in [1.82, 2.24) is 24.1 Å². The quantitative estimate of drug-likeness (QED) is 0.514. The molecule has 0 spiro atoms. The van der Waals surface area contributed by atoms with Crippen molar-refractivity contribution < 1.29 is 27.8 Å². The number of fused-ring (bicyclic) bond motifs is 1. The van der Waals surface area contributed by atoms with Gasteiger partial charge in [0.25, 0.3) is 5.88 Å². The van der Waals surface area contributed by atoms with Crippen molar-refractivity contribution >= 4 is 10.9 Å². The van der Waals surface area contributed by atoms with Gasteiger partial charge in [0.05, 0.1) is 42.8 Å². The Morgan fingerprint density at radius 3 is 2.58 bits per heavy atom. The minimum atomic E-state index is -4.37. The average molecular weight is 433 g/mol. The number of halogens is 3. The Hall–Kier alpha value is -3.76. The number of aromatic hydroxyl groups is 1. The van der Waals surface area contributed by atoms with Gasteiger partial charge in [-0.05, 0) is 25.1 Å². The van der Waals surface area contributed by atoms with Crippen LogP contribution in [0.15, 0.2) is 36.9 Å². The van der Waals surface area contributed by atoms with E-state index in [0.29, 0.717) is 39.5 Å². The molecule has 162 valence electrons. The first-order valence-electron chi connectivity index (χ1n) is 9.10. The molecule has 4 rings (SSSR count). The maximum absolute atomic E-state index is 12.6. The summed E-state index contributed by atoms with van der Waals surface area (Å²) in [6, 6.07) is 5.11. The van der Waals surface area contributed by atoms with Gasteiger partial charge in [-0.2, -0.15) is 13.2 Å². The second-order valence-corrected chi connectivity index (χ2v) is 6.79.